The Balaban J connectivity index is 1.63. The van der Waals surface area contributed by atoms with Gasteiger partial charge in [-0.1, -0.05) is 30.3 Å². The van der Waals surface area contributed by atoms with E-state index in [1.54, 1.807) is 7.05 Å². The second-order valence-electron chi connectivity index (χ2n) is 6.95. The minimum atomic E-state index is -0.0434. The molecule has 0 aromatic heterocycles. The molecule has 0 bridgehead atoms. The zero-order chi connectivity index (χ0) is 17.8. The summed E-state index contributed by atoms with van der Waals surface area (Å²) in [5, 5.41) is 6.34. The molecule has 3 rings (SSSR count). The van der Waals surface area contributed by atoms with Crippen molar-refractivity contribution in [3.05, 3.63) is 65.2 Å². The van der Waals surface area contributed by atoms with Crippen LogP contribution in [0.5, 0.6) is 0 Å². The Hall–Kier alpha value is -2.33. The SMILES string of the molecule is CNC(=O)c1ccc(NC2CC(C)N(Cc3ccccc3)C2)c(C)c1. The number of benzene rings is 2. The van der Waals surface area contributed by atoms with Crippen LogP contribution in [0.2, 0.25) is 0 Å². The molecule has 2 aromatic carbocycles. The van der Waals surface area contributed by atoms with Crippen LogP contribution in [0.15, 0.2) is 48.5 Å². The topological polar surface area (TPSA) is 44.4 Å². The van der Waals surface area contributed by atoms with Gasteiger partial charge in [0.15, 0.2) is 0 Å². The number of nitrogens with one attached hydrogen (secondary N) is 2. The number of hydrogen-bond acceptors (Lipinski definition) is 3. The average molecular weight is 337 g/mol. The van der Waals surface area contributed by atoms with Crippen LogP contribution in [0.3, 0.4) is 0 Å². The molecule has 2 aromatic rings. The lowest BCUT2D eigenvalue weighted by Crippen LogP contribution is -2.28. The first-order chi connectivity index (χ1) is 12.1. The fourth-order valence-electron chi connectivity index (χ4n) is 3.57. The maximum Gasteiger partial charge on any atom is 0.251 e. The summed E-state index contributed by atoms with van der Waals surface area (Å²) in [4.78, 5) is 14.3. The molecule has 1 aliphatic rings. The maximum atomic E-state index is 11.7. The van der Waals surface area contributed by atoms with Gasteiger partial charge in [0.2, 0.25) is 0 Å². The van der Waals surface area contributed by atoms with E-state index in [-0.39, 0.29) is 5.91 Å². The van der Waals surface area contributed by atoms with Gasteiger partial charge in [-0.05, 0) is 49.6 Å². The van der Waals surface area contributed by atoms with Gasteiger partial charge in [0.25, 0.3) is 5.91 Å². The molecule has 1 heterocycles. The summed E-state index contributed by atoms with van der Waals surface area (Å²) in [6.45, 7) is 6.38. The van der Waals surface area contributed by atoms with Crippen LogP contribution in [-0.2, 0) is 6.54 Å². The van der Waals surface area contributed by atoms with Crippen LogP contribution in [0.1, 0.15) is 34.8 Å². The van der Waals surface area contributed by atoms with E-state index < -0.39 is 0 Å². The summed E-state index contributed by atoms with van der Waals surface area (Å²) in [6, 6.07) is 17.5. The van der Waals surface area contributed by atoms with Gasteiger partial charge in [-0.3, -0.25) is 9.69 Å². The van der Waals surface area contributed by atoms with Crippen molar-refractivity contribution in [2.24, 2.45) is 0 Å². The van der Waals surface area contributed by atoms with Crippen molar-refractivity contribution >= 4 is 11.6 Å². The zero-order valence-corrected chi connectivity index (χ0v) is 15.3. The van der Waals surface area contributed by atoms with Gasteiger partial charge in [-0.25, -0.2) is 0 Å². The summed E-state index contributed by atoms with van der Waals surface area (Å²) < 4.78 is 0. The van der Waals surface area contributed by atoms with Crippen molar-refractivity contribution in [3.63, 3.8) is 0 Å². The van der Waals surface area contributed by atoms with Crippen molar-refractivity contribution < 1.29 is 4.79 Å². The Labute approximate surface area is 150 Å². The summed E-state index contributed by atoms with van der Waals surface area (Å²) in [5.74, 6) is -0.0434. The number of carbonyl (C=O) groups is 1. The van der Waals surface area contributed by atoms with E-state index in [4.69, 9.17) is 0 Å². The van der Waals surface area contributed by atoms with Gasteiger partial charge < -0.3 is 10.6 Å². The second-order valence-corrected chi connectivity index (χ2v) is 6.95. The number of amides is 1. The molecule has 4 heteroatoms. The molecule has 2 unspecified atom stereocenters. The highest BCUT2D eigenvalue weighted by molar-refractivity contribution is 5.94. The third-order valence-electron chi connectivity index (χ3n) is 5.01. The smallest absolute Gasteiger partial charge is 0.251 e. The molecule has 0 aliphatic carbocycles. The van der Waals surface area contributed by atoms with Gasteiger partial charge in [-0.2, -0.15) is 0 Å². The molecule has 0 saturated carbocycles. The van der Waals surface area contributed by atoms with Gasteiger partial charge in [0.1, 0.15) is 0 Å². The number of rotatable bonds is 5. The van der Waals surface area contributed by atoms with Gasteiger partial charge in [0, 0.05) is 43.5 Å². The molecule has 132 valence electrons. The van der Waals surface area contributed by atoms with Crippen LogP contribution in [0, 0.1) is 6.92 Å². The first-order valence-corrected chi connectivity index (χ1v) is 8.94. The molecular weight excluding hydrogens is 310 g/mol. The van der Waals surface area contributed by atoms with Gasteiger partial charge >= 0.3 is 0 Å². The Morgan fingerprint density at radius 3 is 2.64 bits per heavy atom. The van der Waals surface area contributed by atoms with Crippen molar-refractivity contribution in [3.8, 4) is 0 Å². The van der Waals surface area contributed by atoms with Gasteiger partial charge in [-0.15, -0.1) is 0 Å². The van der Waals surface area contributed by atoms with E-state index in [1.807, 2.05) is 18.2 Å². The molecule has 1 aliphatic heterocycles. The zero-order valence-electron chi connectivity index (χ0n) is 15.3. The van der Waals surface area contributed by atoms with E-state index in [0.717, 1.165) is 30.8 Å². The fourth-order valence-corrected chi connectivity index (χ4v) is 3.57. The van der Waals surface area contributed by atoms with E-state index in [1.165, 1.54) is 5.56 Å². The van der Waals surface area contributed by atoms with Crippen molar-refractivity contribution in [2.45, 2.75) is 38.9 Å². The Bertz CT molecular complexity index is 729. The number of nitrogens with zero attached hydrogens (tertiary/aromatic N) is 1. The fraction of sp³-hybridized carbons (Fsp3) is 0.381. The number of anilines is 1. The summed E-state index contributed by atoms with van der Waals surface area (Å²) in [6.07, 6.45) is 1.13. The molecule has 1 saturated heterocycles. The average Bonchev–Trinajstić information content (AvgIpc) is 2.96. The molecule has 1 amide bonds. The maximum absolute atomic E-state index is 11.7. The van der Waals surface area contributed by atoms with Gasteiger partial charge in [0.05, 0.1) is 0 Å². The number of aryl methyl sites for hydroxylation is 1. The molecule has 1 fully saturated rings. The molecule has 25 heavy (non-hydrogen) atoms. The van der Waals surface area contributed by atoms with Crippen LogP contribution in [0.25, 0.3) is 0 Å². The van der Waals surface area contributed by atoms with Crippen LogP contribution in [0.4, 0.5) is 5.69 Å². The van der Waals surface area contributed by atoms with Crippen LogP contribution >= 0.6 is 0 Å². The highest BCUT2D eigenvalue weighted by Gasteiger charge is 2.29. The molecular formula is C21H27N3O. The van der Waals surface area contributed by atoms with E-state index >= 15 is 0 Å². The number of likely N-dealkylation sites (tertiary alicyclic amines) is 1. The molecule has 2 N–H and O–H groups in total. The highest BCUT2D eigenvalue weighted by atomic mass is 16.1. The molecule has 0 radical (unpaired) electrons. The predicted octanol–water partition coefficient (Wildman–Crippen LogP) is 3.43. The quantitative estimate of drug-likeness (QED) is 0.878. The second kappa shape index (κ2) is 7.70. The first kappa shape index (κ1) is 17.5. The minimum absolute atomic E-state index is 0.0434. The number of hydrogen-bond donors (Lipinski definition) is 2. The summed E-state index contributed by atoms with van der Waals surface area (Å²) in [5.41, 5.74) is 4.29. The lowest BCUT2D eigenvalue weighted by molar-refractivity contribution is 0.0963. The van der Waals surface area contributed by atoms with E-state index in [9.17, 15) is 4.79 Å². The van der Waals surface area contributed by atoms with Crippen LogP contribution < -0.4 is 10.6 Å². The lowest BCUT2D eigenvalue weighted by Gasteiger charge is -2.21. The molecule has 0 spiro atoms. The first-order valence-electron chi connectivity index (χ1n) is 8.94. The normalized spacial score (nSPS) is 20.4. The number of carbonyl (C=O) groups excluding carboxylic acids is 1. The monoisotopic (exact) mass is 337 g/mol. The summed E-state index contributed by atoms with van der Waals surface area (Å²) in [7, 11) is 1.66. The lowest BCUT2D eigenvalue weighted by atomic mass is 10.1. The van der Waals surface area contributed by atoms with E-state index in [2.05, 4.69) is 59.7 Å². The largest absolute Gasteiger partial charge is 0.381 e. The Kier molecular flexibility index (Phi) is 5.39. The third-order valence-corrected chi connectivity index (χ3v) is 5.01. The van der Waals surface area contributed by atoms with Crippen LogP contribution in [-0.4, -0.2) is 36.5 Å². The summed E-state index contributed by atoms with van der Waals surface area (Å²) >= 11 is 0. The molecule has 2 atom stereocenters. The highest BCUT2D eigenvalue weighted by Crippen LogP contribution is 2.25. The molecule has 4 nitrogen and oxygen atoms in total. The minimum Gasteiger partial charge on any atom is -0.381 e. The van der Waals surface area contributed by atoms with Crippen molar-refractivity contribution in [1.29, 1.82) is 0 Å². The van der Waals surface area contributed by atoms with E-state index in [0.29, 0.717) is 17.6 Å². The Morgan fingerprint density at radius 2 is 1.96 bits per heavy atom. The predicted molar refractivity (Wildman–Crippen MR) is 103 cm³/mol. The van der Waals surface area contributed by atoms with Crippen molar-refractivity contribution in [1.82, 2.24) is 10.2 Å². The third kappa shape index (κ3) is 4.20. The van der Waals surface area contributed by atoms with Crippen molar-refractivity contribution in [2.75, 3.05) is 18.9 Å². The standard InChI is InChI=1S/C21H27N3O/c1-15-11-18(21(25)22-3)9-10-20(15)23-19-12-16(2)24(14-19)13-17-7-5-4-6-8-17/h4-11,16,19,23H,12-14H2,1-3H3,(H,22,25). The Morgan fingerprint density at radius 1 is 1.20 bits per heavy atom.